The summed E-state index contributed by atoms with van der Waals surface area (Å²) in [5, 5.41) is 8.18. The average molecular weight is 372 g/mol. The van der Waals surface area contributed by atoms with Gasteiger partial charge in [0.1, 0.15) is 12.3 Å². The number of hydrogen-bond acceptors (Lipinski definition) is 5. The summed E-state index contributed by atoms with van der Waals surface area (Å²) in [6, 6.07) is 4.35. The monoisotopic (exact) mass is 371 g/mol. The summed E-state index contributed by atoms with van der Waals surface area (Å²) in [4.78, 5) is 7.76. The molecule has 10 heteroatoms. The Morgan fingerprint density at radius 3 is 2.62 bits per heavy atom. The lowest BCUT2D eigenvalue weighted by atomic mass is 10.2. The third-order valence-corrected chi connectivity index (χ3v) is 3.51. The van der Waals surface area contributed by atoms with Crippen LogP contribution < -0.4 is 4.74 Å². The molecule has 1 aromatic carbocycles. The van der Waals surface area contributed by atoms with Crippen LogP contribution >= 0.6 is 23.2 Å². The van der Waals surface area contributed by atoms with Crippen molar-refractivity contribution in [2.24, 2.45) is 0 Å². The van der Waals surface area contributed by atoms with Crippen LogP contribution in [0, 0.1) is 0 Å². The Labute approximate surface area is 145 Å². The summed E-state index contributed by atoms with van der Waals surface area (Å²) in [6.07, 6.45) is 1.68. The largest absolute Gasteiger partial charge is 0.457 e. The lowest BCUT2D eigenvalue weighted by molar-refractivity contribution is 0.151. The van der Waals surface area contributed by atoms with Gasteiger partial charge in [-0.15, -0.1) is 5.10 Å². The van der Waals surface area contributed by atoms with Crippen LogP contribution in [0.5, 0.6) is 6.01 Å². The summed E-state index contributed by atoms with van der Waals surface area (Å²) in [5.74, 6) is 0. The Morgan fingerprint density at radius 2 is 1.92 bits per heavy atom. The third kappa shape index (κ3) is 3.77. The molecule has 0 amide bonds. The number of hydrogen-bond donors (Lipinski definition) is 0. The van der Waals surface area contributed by atoms with Crippen molar-refractivity contribution in [1.82, 2.24) is 25.0 Å². The minimum absolute atomic E-state index is 0.00249. The summed E-state index contributed by atoms with van der Waals surface area (Å²) in [6.45, 7) is 0.0664. The quantitative estimate of drug-likeness (QED) is 0.680. The number of benzene rings is 1. The Balaban J connectivity index is 1.73. The molecule has 0 atom stereocenters. The van der Waals surface area contributed by atoms with Gasteiger partial charge in [0.05, 0.1) is 29.3 Å². The molecule has 0 saturated heterocycles. The van der Waals surface area contributed by atoms with Gasteiger partial charge in [0.15, 0.2) is 0 Å². The van der Waals surface area contributed by atoms with Crippen LogP contribution in [0.15, 0.2) is 36.8 Å². The summed E-state index contributed by atoms with van der Waals surface area (Å²) < 4.78 is 32.5. The van der Waals surface area contributed by atoms with E-state index in [1.54, 1.807) is 12.3 Å². The molecular weight excluding hydrogens is 363 g/mol. The SMILES string of the molecule is FC(F)c1cc(-n2cc(COc3ncc(Cl)cn3)nn2)ccc1Cl. The summed E-state index contributed by atoms with van der Waals surface area (Å²) >= 11 is 11.4. The average Bonchev–Trinajstić information content (AvgIpc) is 3.03. The van der Waals surface area contributed by atoms with Crippen molar-refractivity contribution in [3.8, 4) is 11.7 Å². The Bertz CT molecular complexity index is 841. The first-order valence-corrected chi connectivity index (χ1v) is 7.38. The van der Waals surface area contributed by atoms with Crippen molar-refractivity contribution < 1.29 is 13.5 Å². The van der Waals surface area contributed by atoms with Crippen LogP contribution in [0.1, 0.15) is 17.7 Å². The number of ether oxygens (including phenoxy) is 1. The minimum atomic E-state index is -2.68. The van der Waals surface area contributed by atoms with E-state index in [-0.39, 0.29) is 23.2 Å². The fourth-order valence-corrected chi connectivity index (χ4v) is 2.14. The molecule has 0 aliphatic rings. The van der Waals surface area contributed by atoms with Crippen LogP contribution in [-0.2, 0) is 6.61 Å². The van der Waals surface area contributed by atoms with Gasteiger partial charge in [-0.25, -0.2) is 23.4 Å². The second kappa shape index (κ2) is 7.06. The van der Waals surface area contributed by atoms with E-state index in [4.69, 9.17) is 27.9 Å². The maximum atomic E-state index is 12.9. The molecule has 0 bridgehead atoms. The lowest BCUT2D eigenvalue weighted by Crippen LogP contribution is -1.99. The van der Waals surface area contributed by atoms with Crippen molar-refractivity contribution in [2.75, 3.05) is 0 Å². The highest BCUT2D eigenvalue weighted by Crippen LogP contribution is 2.28. The molecule has 24 heavy (non-hydrogen) atoms. The van der Waals surface area contributed by atoms with Crippen LogP contribution in [-0.4, -0.2) is 25.0 Å². The molecule has 3 aromatic rings. The normalized spacial score (nSPS) is 11.0. The first-order valence-electron chi connectivity index (χ1n) is 6.62. The van der Waals surface area contributed by atoms with Gasteiger partial charge in [-0.2, -0.15) is 0 Å². The Morgan fingerprint density at radius 1 is 1.17 bits per heavy atom. The fraction of sp³-hybridized carbons (Fsp3) is 0.143. The van der Waals surface area contributed by atoms with E-state index in [0.29, 0.717) is 16.4 Å². The van der Waals surface area contributed by atoms with Gasteiger partial charge in [-0.3, -0.25) is 0 Å². The molecule has 0 saturated carbocycles. The standard InChI is InChI=1S/C14H9Cl2F2N5O/c15-8-4-19-14(20-5-8)24-7-9-6-23(22-21-9)10-1-2-12(16)11(3-10)13(17)18/h1-6,13H,7H2. The van der Waals surface area contributed by atoms with Crippen molar-refractivity contribution in [1.29, 1.82) is 0 Å². The number of rotatable bonds is 5. The van der Waals surface area contributed by atoms with E-state index in [9.17, 15) is 8.78 Å². The molecule has 2 aromatic heterocycles. The van der Waals surface area contributed by atoms with Gasteiger partial charge >= 0.3 is 6.01 Å². The molecule has 6 nitrogen and oxygen atoms in total. The van der Waals surface area contributed by atoms with E-state index in [0.717, 1.165) is 0 Å². The molecule has 0 aliphatic carbocycles. The van der Waals surface area contributed by atoms with Gasteiger partial charge < -0.3 is 4.74 Å². The van der Waals surface area contributed by atoms with Crippen LogP contribution in [0.25, 0.3) is 5.69 Å². The van der Waals surface area contributed by atoms with Gasteiger partial charge in [0.25, 0.3) is 6.43 Å². The predicted octanol–water partition coefficient (Wildman–Crippen LogP) is 3.88. The highest BCUT2D eigenvalue weighted by molar-refractivity contribution is 6.31. The topological polar surface area (TPSA) is 65.7 Å². The molecule has 2 heterocycles. The Kier molecular flexibility index (Phi) is 4.86. The van der Waals surface area contributed by atoms with Gasteiger partial charge in [0, 0.05) is 10.6 Å². The second-order valence-corrected chi connectivity index (χ2v) is 5.48. The first-order chi connectivity index (χ1) is 11.5. The molecular formula is C14H9Cl2F2N5O. The van der Waals surface area contributed by atoms with Crippen LogP contribution in [0.3, 0.4) is 0 Å². The zero-order valence-corrected chi connectivity index (χ0v) is 13.4. The molecule has 0 spiro atoms. The Hall–Kier alpha value is -2.32. The van der Waals surface area contributed by atoms with Crippen LogP contribution in [0.4, 0.5) is 8.78 Å². The van der Waals surface area contributed by atoms with Crippen molar-refractivity contribution in [3.63, 3.8) is 0 Å². The van der Waals surface area contributed by atoms with E-state index >= 15 is 0 Å². The first kappa shape index (κ1) is 16.5. The van der Waals surface area contributed by atoms with E-state index in [1.165, 1.54) is 29.2 Å². The predicted molar refractivity (Wildman–Crippen MR) is 82.7 cm³/mol. The molecule has 0 N–H and O–H groups in total. The highest BCUT2D eigenvalue weighted by Gasteiger charge is 2.14. The number of aromatic nitrogens is 5. The fourth-order valence-electron chi connectivity index (χ4n) is 1.85. The zero-order valence-electron chi connectivity index (χ0n) is 11.9. The van der Waals surface area contributed by atoms with Crippen molar-refractivity contribution in [3.05, 3.63) is 58.1 Å². The van der Waals surface area contributed by atoms with Gasteiger partial charge in [-0.1, -0.05) is 28.4 Å². The molecule has 124 valence electrons. The number of alkyl halides is 2. The minimum Gasteiger partial charge on any atom is -0.457 e. The van der Waals surface area contributed by atoms with Gasteiger partial charge in [-0.05, 0) is 18.2 Å². The molecule has 0 unspecified atom stereocenters. The maximum absolute atomic E-state index is 12.9. The van der Waals surface area contributed by atoms with Gasteiger partial charge in [0.2, 0.25) is 0 Å². The summed E-state index contributed by atoms with van der Waals surface area (Å²) in [5.41, 5.74) is 0.621. The second-order valence-electron chi connectivity index (χ2n) is 4.63. The maximum Gasteiger partial charge on any atom is 0.316 e. The molecule has 0 aliphatic heterocycles. The number of nitrogens with zero attached hydrogens (tertiary/aromatic N) is 5. The van der Waals surface area contributed by atoms with Crippen LogP contribution in [0.2, 0.25) is 10.0 Å². The van der Waals surface area contributed by atoms with E-state index < -0.39 is 6.43 Å². The zero-order chi connectivity index (χ0) is 17.1. The molecule has 0 fully saturated rings. The summed E-state index contributed by atoms with van der Waals surface area (Å²) in [7, 11) is 0. The van der Waals surface area contributed by atoms with Crippen molar-refractivity contribution >= 4 is 23.2 Å². The molecule has 0 radical (unpaired) electrons. The van der Waals surface area contributed by atoms with Crippen molar-refractivity contribution in [2.45, 2.75) is 13.0 Å². The molecule has 3 rings (SSSR count). The van der Waals surface area contributed by atoms with E-state index in [2.05, 4.69) is 20.3 Å². The number of halogens is 4. The van der Waals surface area contributed by atoms with E-state index in [1.807, 2.05) is 0 Å². The smallest absolute Gasteiger partial charge is 0.316 e. The highest BCUT2D eigenvalue weighted by atomic mass is 35.5. The lowest BCUT2D eigenvalue weighted by Gasteiger charge is -2.06. The third-order valence-electron chi connectivity index (χ3n) is 2.97.